The van der Waals surface area contributed by atoms with E-state index in [1.807, 2.05) is 0 Å². The van der Waals surface area contributed by atoms with Gasteiger partial charge in [-0.2, -0.15) is 0 Å². The molecule has 0 atom stereocenters. The Labute approximate surface area is 185 Å². The van der Waals surface area contributed by atoms with E-state index in [-0.39, 0.29) is 0 Å². The molecule has 1 aliphatic carbocycles. The summed E-state index contributed by atoms with van der Waals surface area (Å²) in [5, 5.41) is 0. The summed E-state index contributed by atoms with van der Waals surface area (Å²) in [5.74, 6) is 2.73. The zero-order chi connectivity index (χ0) is 21.0. The van der Waals surface area contributed by atoms with Gasteiger partial charge in [0.15, 0.2) is 0 Å². The molecule has 2 aromatic rings. The Bertz CT molecular complexity index is 692. The van der Waals surface area contributed by atoms with Gasteiger partial charge in [0, 0.05) is 0 Å². The van der Waals surface area contributed by atoms with Gasteiger partial charge in [-0.25, -0.2) is 0 Å². The molecule has 0 N–H and O–H groups in total. The minimum Gasteiger partial charge on any atom is -0.494 e. The van der Waals surface area contributed by atoms with Crippen LogP contribution in [-0.4, -0.2) is 6.61 Å². The van der Waals surface area contributed by atoms with Gasteiger partial charge >= 0.3 is 0 Å². The Kier molecular flexibility index (Phi) is 9.80. The van der Waals surface area contributed by atoms with E-state index in [0.29, 0.717) is 0 Å². The van der Waals surface area contributed by atoms with E-state index in [4.69, 9.17) is 4.74 Å². The van der Waals surface area contributed by atoms with Gasteiger partial charge in [-0.3, -0.25) is 0 Å². The fourth-order valence-corrected chi connectivity index (χ4v) is 4.84. The predicted molar refractivity (Wildman–Crippen MR) is 130 cm³/mol. The average Bonchev–Trinajstić information content (AvgIpc) is 2.81. The molecule has 1 heteroatoms. The normalized spacial score (nSPS) is 19.0. The highest BCUT2D eigenvalue weighted by atomic mass is 16.5. The van der Waals surface area contributed by atoms with Gasteiger partial charge < -0.3 is 4.74 Å². The standard InChI is InChI=1S/C29H42O/c1-3-5-6-7-8-9-10-23-30-29-21-19-28(20-22-29)27-17-15-26(16-18-27)25-13-11-24(4-2)12-14-25/h15-22,24-25H,3-14,23H2,1-2H3. The first-order chi connectivity index (χ1) is 14.8. The van der Waals surface area contributed by atoms with Crippen LogP contribution in [0.25, 0.3) is 11.1 Å². The summed E-state index contributed by atoms with van der Waals surface area (Å²) in [5.41, 5.74) is 4.11. The highest BCUT2D eigenvalue weighted by Crippen LogP contribution is 2.37. The van der Waals surface area contributed by atoms with Crippen molar-refractivity contribution in [2.45, 2.75) is 96.8 Å². The minimum absolute atomic E-state index is 0.768. The first-order valence-electron chi connectivity index (χ1n) is 12.6. The van der Waals surface area contributed by atoms with Gasteiger partial charge in [0.2, 0.25) is 0 Å². The molecule has 0 aliphatic heterocycles. The van der Waals surface area contributed by atoms with E-state index in [0.717, 1.165) is 30.6 Å². The molecular formula is C29H42O. The molecule has 30 heavy (non-hydrogen) atoms. The van der Waals surface area contributed by atoms with Gasteiger partial charge in [0.25, 0.3) is 0 Å². The van der Waals surface area contributed by atoms with Crippen molar-refractivity contribution in [2.75, 3.05) is 6.61 Å². The van der Waals surface area contributed by atoms with Crippen LogP contribution in [0.1, 0.15) is 102 Å². The van der Waals surface area contributed by atoms with Crippen molar-refractivity contribution < 1.29 is 4.74 Å². The molecule has 0 saturated heterocycles. The van der Waals surface area contributed by atoms with Gasteiger partial charge in [0.05, 0.1) is 6.61 Å². The van der Waals surface area contributed by atoms with Gasteiger partial charge in [-0.1, -0.05) is 95.2 Å². The van der Waals surface area contributed by atoms with Crippen LogP contribution in [0.4, 0.5) is 0 Å². The molecule has 1 aliphatic rings. The third-order valence-electron chi connectivity index (χ3n) is 7.01. The minimum atomic E-state index is 0.768. The van der Waals surface area contributed by atoms with Crippen LogP contribution in [0.15, 0.2) is 48.5 Å². The summed E-state index contributed by atoms with van der Waals surface area (Å²) >= 11 is 0. The molecular weight excluding hydrogens is 364 g/mol. The van der Waals surface area contributed by atoms with Crippen molar-refractivity contribution >= 4 is 0 Å². The van der Waals surface area contributed by atoms with E-state index < -0.39 is 0 Å². The molecule has 2 aromatic carbocycles. The zero-order valence-corrected chi connectivity index (χ0v) is 19.4. The summed E-state index contributed by atoms with van der Waals surface area (Å²) in [4.78, 5) is 0. The van der Waals surface area contributed by atoms with Crippen LogP contribution in [0.5, 0.6) is 5.75 Å². The number of unbranched alkanes of at least 4 members (excludes halogenated alkanes) is 6. The molecule has 0 amide bonds. The van der Waals surface area contributed by atoms with E-state index in [1.165, 1.54) is 87.3 Å². The van der Waals surface area contributed by atoms with Gasteiger partial charge in [-0.05, 0) is 72.8 Å². The number of benzene rings is 2. The molecule has 0 heterocycles. The van der Waals surface area contributed by atoms with Crippen LogP contribution in [0.2, 0.25) is 0 Å². The summed E-state index contributed by atoms with van der Waals surface area (Å²) < 4.78 is 5.94. The Morgan fingerprint density at radius 3 is 1.83 bits per heavy atom. The smallest absolute Gasteiger partial charge is 0.119 e. The maximum absolute atomic E-state index is 5.94. The summed E-state index contributed by atoms with van der Waals surface area (Å²) in [7, 11) is 0. The number of hydrogen-bond donors (Lipinski definition) is 0. The molecule has 1 nitrogen and oxygen atoms in total. The number of rotatable bonds is 12. The molecule has 3 rings (SSSR count). The van der Waals surface area contributed by atoms with Crippen LogP contribution in [-0.2, 0) is 0 Å². The largest absolute Gasteiger partial charge is 0.494 e. The van der Waals surface area contributed by atoms with Crippen LogP contribution >= 0.6 is 0 Å². The predicted octanol–water partition coefficient (Wildman–Crippen LogP) is 9.17. The van der Waals surface area contributed by atoms with E-state index >= 15 is 0 Å². The molecule has 0 unspecified atom stereocenters. The first-order valence-corrected chi connectivity index (χ1v) is 12.6. The van der Waals surface area contributed by atoms with E-state index in [2.05, 4.69) is 62.4 Å². The lowest BCUT2D eigenvalue weighted by atomic mass is 9.77. The molecule has 0 radical (unpaired) electrons. The van der Waals surface area contributed by atoms with Gasteiger partial charge in [0.1, 0.15) is 5.75 Å². The fraction of sp³-hybridized carbons (Fsp3) is 0.586. The average molecular weight is 407 g/mol. The number of ether oxygens (including phenoxy) is 1. The summed E-state index contributed by atoms with van der Waals surface area (Å²) in [6, 6.07) is 18.0. The Hall–Kier alpha value is -1.76. The monoisotopic (exact) mass is 406 g/mol. The van der Waals surface area contributed by atoms with Crippen molar-refractivity contribution in [3.63, 3.8) is 0 Å². The summed E-state index contributed by atoms with van der Waals surface area (Å²) in [6.45, 7) is 5.45. The van der Waals surface area contributed by atoms with Crippen molar-refractivity contribution in [1.29, 1.82) is 0 Å². The van der Waals surface area contributed by atoms with E-state index in [9.17, 15) is 0 Å². The first kappa shape index (κ1) is 22.9. The second-order valence-electron chi connectivity index (χ2n) is 9.24. The van der Waals surface area contributed by atoms with Crippen LogP contribution in [0, 0.1) is 5.92 Å². The molecule has 0 spiro atoms. The van der Waals surface area contributed by atoms with E-state index in [1.54, 1.807) is 0 Å². The summed E-state index contributed by atoms with van der Waals surface area (Å²) in [6.07, 6.45) is 16.2. The Morgan fingerprint density at radius 2 is 1.23 bits per heavy atom. The topological polar surface area (TPSA) is 9.23 Å². The molecule has 164 valence electrons. The third kappa shape index (κ3) is 7.18. The zero-order valence-electron chi connectivity index (χ0n) is 19.4. The second-order valence-corrected chi connectivity index (χ2v) is 9.24. The number of hydrogen-bond acceptors (Lipinski definition) is 1. The lowest BCUT2D eigenvalue weighted by Crippen LogP contribution is -2.12. The quantitative estimate of drug-likeness (QED) is 0.319. The lowest BCUT2D eigenvalue weighted by molar-refractivity contribution is 0.304. The molecule has 1 saturated carbocycles. The third-order valence-corrected chi connectivity index (χ3v) is 7.01. The Balaban J connectivity index is 1.41. The van der Waals surface area contributed by atoms with Crippen molar-refractivity contribution in [2.24, 2.45) is 5.92 Å². The fourth-order valence-electron chi connectivity index (χ4n) is 4.84. The highest BCUT2D eigenvalue weighted by Gasteiger charge is 2.21. The van der Waals surface area contributed by atoms with Crippen LogP contribution < -0.4 is 4.74 Å². The van der Waals surface area contributed by atoms with Crippen molar-refractivity contribution in [1.82, 2.24) is 0 Å². The van der Waals surface area contributed by atoms with Gasteiger partial charge in [-0.15, -0.1) is 0 Å². The molecule has 0 bridgehead atoms. The SMILES string of the molecule is CCCCCCCCCOc1ccc(-c2ccc(C3CCC(CC)CC3)cc2)cc1. The van der Waals surface area contributed by atoms with Crippen molar-refractivity contribution in [3.8, 4) is 16.9 Å². The molecule has 1 fully saturated rings. The second kappa shape index (κ2) is 12.8. The Morgan fingerprint density at radius 1 is 0.667 bits per heavy atom. The maximum atomic E-state index is 5.94. The maximum Gasteiger partial charge on any atom is 0.119 e. The lowest BCUT2D eigenvalue weighted by Gasteiger charge is -2.28. The highest BCUT2D eigenvalue weighted by molar-refractivity contribution is 5.64. The van der Waals surface area contributed by atoms with Crippen molar-refractivity contribution in [3.05, 3.63) is 54.1 Å². The molecule has 0 aromatic heterocycles. The van der Waals surface area contributed by atoms with Crippen LogP contribution in [0.3, 0.4) is 0 Å².